The van der Waals surface area contributed by atoms with Crippen molar-refractivity contribution in [3.63, 3.8) is 0 Å². The molecule has 4 aromatic heterocycles. The molecule has 14 aromatic carbocycles. The molecule has 18 rings (SSSR count). The lowest BCUT2D eigenvalue weighted by atomic mass is 9.97. The molecule has 0 aliphatic carbocycles. The summed E-state index contributed by atoms with van der Waals surface area (Å²) in [5.41, 5.74) is 17.4. The molecule has 0 aliphatic heterocycles. The largest absolute Gasteiger partial charge is 0.309 e. The third-order valence-electron chi connectivity index (χ3n) is 17.7. The van der Waals surface area contributed by atoms with Crippen molar-refractivity contribution in [1.82, 2.24) is 39.0 Å². The van der Waals surface area contributed by atoms with E-state index in [0.29, 0.717) is 34.9 Å². The van der Waals surface area contributed by atoms with Crippen molar-refractivity contribution >= 4 is 65.2 Å². The second kappa shape index (κ2) is 23.9. The van der Waals surface area contributed by atoms with Crippen molar-refractivity contribution in [3.05, 3.63) is 340 Å². The Morgan fingerprint density at radius 2 is 0.447 bits per heavy atom. The number of rotatable bonds is 10. The highest BCUT2D eigenvalue weighted by Crippen LogP contribution is 2.41. The first-order valence-corrected chi connectivity index (χ1v) is 31.6. The summed E-state index contributed by atoms with van der Waals surface area (Å²) in [6.07, 6.45) is 0. The average Bonchev–Trinajstić information content (AvgIpc) is 1.58. The lowest BCUT2D eigenvalue weighted by Gasteiger charge is -2.11. The number of benzene rings is 14. The van der Waals surface area contributed by atoms with Crippen molar-refractivity contribution in [2.24, 2.45) is 0 Å². The number of hydrogen-bond acceptors (Lipinski definition) is 6. The Morgan fingerprint density at radius 1 is 0.170 bits per heavy atom. The minimum absolute atomic E-state index is 0.647. The van der Waals surface area contributed by atoms with Crippen molar-refractivity contribution < 1.29 is 0 Å². The van der Waals surface area contributed by atoms with Gasteiger partial charge >= 0.3 is 0 Å². The van der Waals surface area contributed by atoms with Crippen LogP contribution in [0, 0.1) is 0 Å². The molecule has 0 saturated carbocycles. The molecule has 8 nitrogen and oxygen atoms in total. The zero-order chi connectivity index (χ0) is 62.3. The summed E-state index contributed by atoms with van der Waals surface area (Å²) in [5, 5.41) is 9.94. The second-order valence-electron chi connectivity index (χ2n) is 23.4. The van der Waals surface area contributed by atoms with Crippen LogP contribution in [0.2, 0.25) is 0 Å². The maximum absolute atomic E-state index is 4.97. The van der Waals surface area contributed by atoms with Gasteiger partial charge in [-0.25, -0.2) is 29.9 Å². The average molecular weight is 1200 g/mol. The van der Waals surface area contributed by atoms with Crippen LogP contribution in [-0.2, 0) is 0 Å². The van der Waals surface area contributed by atoms with Crippen molar-refractivity contribution in [2.75, 3.05) is 0 Å². The van der Waals surface area contributed by atoms with Crippen LogP contribution >= 0.6 is 0 Å². The van der Waals surface area contributed by atoms with Gasteiger partial charge in [-0.3, -0.25) is 0 Å². The molecule has 4 heterocycles. The fraction of sp³-hybridized carbons (Fsp3) is 0. The third-order valence-corrected chi connectivity index (χ3v) is 17.7. The van der Waals surface area contributed by atoms with E-state index >= 15 is 0 Å². The van der Waals surface area contributed by atoms with E-state index in [2.05, 4.69) is 228 Å². The Balaban J connectivity index is 0.000000143. The van der Waals surface area contributed by atoms with Gasteiger partial charge in [0.25, 0.3) is 0 Å². The molecule has 0 saturated heterocycles. The van der Waals surface area contributed by atoms with Crippen LogP contribution in [0.5, 0.6) is 0 Å². The quantitative estimate of drug-likeness (QED) is 0.136. The Labute approximate surface area is 542 Å². The predicted octanol–water partition coefficient (Wildman–Crippen LogP) is 21.6. The van der Waals surface area contributed by atoms with Crippen LogP contribution in [0.25, 0.3) is 167 Å². The highest BCUT2D eigenvalue weighted by atomic mass is 15.0. The molecule has 94 heavy (non-hydrogen) atoms. The number of fused-ring (bicyclic) bond motifs is 10. The summed E-state index contributed by atoms with van der Waals surface area (Å²) in [7, 11) is 0. The van der Waals surface area contributed by atoms with Crippen LogP contribution in [0.15, 0.2) is 340 Å². The van der Waals surface area contributed by atoms with E-state index in [4.69, 9.17) is 29.9 Å². The van der Waals surface area contributed by atoms with Gasteiger partial charge in [-0.1, -0.05) is 273 Å². The van der Waals surface area contributed by atoms with E-state index in [1.165, 1.54) is 70.7 Å². The highest BCUT2D eigenvalue weighted by Gasteiger charge is 2.20. The molecule has 0 atom stereocenters. The monoisotopic (exact) mass is 1200 g/mol. The molecule has 0 N–H and O–H groups in total. The predicted molar refractivity (Wildman–Crippen MR) is 387 cm³/mol. The maximum atomic E-state index is 4.97. The second-order valence-corrected chi connectivity index (χ2v) is 23.4. The number of nitrogens with zero attached hydrogens (tertiary/aromatic N) is 8. The van der Waals surface area contributed by atoms with Gasteiger partial charge in [0.05, 0.1) is 22.1 Å². The molecule has 0 radical (unpaired) electrons. The van der Waals surface area contributed by atoms with E-state index in [1.54, 1.807) is 0 Å². The Kier molecular flexibility index (Phi) is 14.0. The summed E-state index contributed by atoms with van der Waals surface area (Å²) < 4.78 is 4.74. The van der Waals surface area contributed by atoms with Gasteiger partial charge in [-0.2, -0.15) is 0 Å². The smallest absolute Gasteiger partial charge is 0.164 e. The van der Waals surface area contributed by atoms with E-state index in [1.807, 2.05) is 121 Å². The molecule has 440 valence electrons. The first-order valence-electron chi connectivity index (χ1n) is 31.6. The third kappa shape index (κ3) is 10.3. The van der Waals surface area contributed by atoms with E-state index in [0.717, 1.165) is 61.4 Å². The summed E-state index contributed by atoms with van der Waals surface area (Å²) in [6.45, 7) is 0. The molecule has 0 unspecified atom stereocenters. The van der Waals surface area contributed by atoms with Crippen LogP contribution in [-0.4, -0.2) is 39.0 Å². The molecule has 0 fully saturated rings. The normalized spacial score (nSPS) is 11.4. The fourth-order valence-electron chi connectivity index (χ4n) is 13.2. The van der Waals surface area contributed by atoms with E-state index in [9.17, 15) is 0 Å². The Morgan fingerprint density at radius 3 is 0.851 bits per heavy atom. The van der Waals surface area contributed by atoms with E-state index < -0.39 is 0 Å². The lowest BCUT2D eigenvalue weighted by Crippen LogP contribution is -2.00. The van der Waals surface area contributed by atoms with Crippen molar-refractivity contribution in [2.45, 2.75) is 0 Å². The van der Waals surface area contributed by atoms with Gasteiger partial charge in [0.2, 0.25) is 0 Å². The van der Waals surface area contributed by atoms with Gasteiger partial charge in [-0.05, 0) is 111 Å². The molecule has 0 aliphatic rings. The standard InChI is InChI=1S/2C43H28N4/c1-4-13-30(14-5-1)41-44-42(31-15-6-2-7-16-31)46-43(45-41)34-18-12-17-32(27-34)33-24-23-29-25-26-39-40(37(29)28-33)36-21-10-11-22-38(36)47(39)35-19-8-3-9-20-35;1-4-12-31(13-5-1)41-44-42(32-14-6-2-7-15-32)46-43(45-41)33-23-20-29(21-24-33)34-25-22-30-26-27-39-40(37(30)28-34)36-18-10-11-19-38(36)47(39)35-16-8-3-9-17-35/h2*1-28H. The Bertz CT molecular complexity index is 5700. The molecule has 0 bridgehead atoms. The summed E-state index contributed by atoms with van der Waals surface area (Å²) in [5.74, 6) is 3.93. The SMILES string of the molecule is c1ccc(-c2nc(-c3ccccc3)nc(-c3ccc(-c4ccc5ccc6c(c5c4)c4ccccc4n6-c4ccccc4)cc3)n2)cc1.c1ccc(-c2nc(-c3ccccc3)nc(-c3cccc(-c4ccc5ccc6c(c5c4)c4ccccc4n6-c4ccccc4)c3)n2)cc1. The topological polar surface area (TPSA) is 87.2 Å². The minimum atomic E-state index is 0.647. The zero-order valence-electron chi connectivity index (χ0n) is 50.9. The first-order chi connectivity index (χ1) is 46.6. The molecule has 18 aromatic rings. The molecule has 8 heteroatoms. The van der Waals surface area contributed by atoms with Gasteiger partial charge in [0.1, 0.15) is 0 Å². The van der Waals surface area contributed by atoms with Crippen molar-refractivity contribution in [3.8, 4) is 102 Å². The van der Waals surface area contributed by atoms with Gasteiger partial charge in [-0.15, -0.1) is 0 Å². The van der Waals surface area contributed by atoms with Crippen molar-refractivity contribution in [1.29, 1.82) is 0 Å². The number of hydrogen-bond donors (Lipinski definition) is 0. The molecule has 0 spiro atoms. The highest BCUT2D eigenvalue weighted by molar-refractivity contribution is 6.23. The summed E-state index contributed by atoms with van der Waals surface area (Å²) in [4.78, 5) is 29.5. The molecular weight excluding hydrogens is 1150 g/mol. The zero-order valence-corrected chi connectivity index (χ0v) is 50.9. The summed E-state index contributed by atoms with van der Waals surface area (Å²) >= 11 is 0. The Hall–Kier alpha value is -12.8. The fourth-order valence-corrected chi connectivity index (χ4v) is 13.2. The number of aromatic nitrogens is 8. The first kappa shape index (κ1) is 55.3. The molecular formula is C86H56N8. The van der Waals surface area contributed by atoms with E-state index in [-0.39, 0.29) is 0 Å². The lowest BCUT2D eigenvalue weighted by molar-refractivity contribution is 1.07. The van der Waals surface area contributed by atoms with Crippen LogP contribution in [0.4, 0.5) is 0 Å². The van der Waals surface area contributed by atoms with Gasteiger partial charge < -0.3 is 9.13 Å². The number of para-hydroxylation sites is 4. The van der Waals surface area contributed by atoms with Gasteiger partial charge in [0.15, 0.2) is 34.9 Å². The van der Waals surface area contributed by atoms with Crippen LogP contribution < -0.4 is 0 Å². The minimum Gasteiger partial charge on any atom is -0.309 e. The summed E-state index contributed by atoms with van der Waals surface area (Å²) in [6, 6.07) is 119. The maximum Gasteiger partial charge on any atom is 0.164 e. The van der Waals surface area contributed by atoms with Gasteiger partial charge in [0, 0.05) is 66.3 Å². The van der Waals surface area contributed by atoms with Crippen LogP contribution in [0.3, 0.4) is 0 Å². The van der Waals surface area contributed by atoms with Crippen LogP contribution in [0.1, 0.15) is 0 Å². The molecule has 0 amide bonds.